The molecule has 4 atom stereocenters. The van der Waals surface area contributed by atoms with Crippen molar-refractivity contribution < 1.29 is 37.1 Å². The summed E-state index contributed by atoms with van der Waals surface area (Å²) in [5, 5.41) is 0.168. The summed E-state index contributed by atoms with van der Waals surface area (Å²) >= 11 is 0. The number of allylic oxidation sites excluding steroid dienone is 1. The molecule has 1 aliphatic rings. The predicted octanol–water partition coefficient (Wildman–Crippen LogP) is 3.71. The number of hydrogen-bond donors (Lipinski definition) is 3. The second kappa shape index (κ2) is 15.6. The Bertz CT molecular complexity index is 950. The summed E-state index contributed by atoms with van der Waals surface area (Å²) in [4.78, 5) is 44.5. The number of hydrogen-bond acceptors (Lipinski definition) is 6. The topological polar surface area (TPSA) is 123 Å². The molecule has 3 amide bonds. The number of amides is 3. The maximum Gasteiger partial charge on any atom is 0.408 e. The molecule has 1 aromatic rings. The van der Waals surface area contributed by atoms with Gasteiger partial charge in [0.25, 0.3) is 5.91 Å². The number of alkyl halides is 3. The molecule has 12 heteroatoms. The fourth-order valence-corrected chi connectivity index (χ4v) is 4.15. The fourth-order valence-electron chi connectivity index (χ4n) is 4.15. The van der Waals surface area contributed by atoms with Crippen molar-refractivity contribution in [3.63, 3.8) is 0 Å². The Morgan fingerprint density at radius 1 is 1.13 bits per heavy atom. The zero-order valence-electron chi connectivity index (χ0n) is 22.6. The van der Waals surface area contributed by atoms with E-state index >= 15 is 0 Å². The standard InChI is InChI=1S/C27H39F3N4O5/c1-18(2)16-22(24(35)32-34(17-27(28,29)30)26(37)19(3)31)21(13-9-12-20-10-5-4-6-11-20)25(36)33-39-23-14-7-8-15-38-23/h4-6,9-12,18-19,21-23H,7-8,13-17,31H2,1-3H3,(H,32,35)(H,33,36)/t19-,21+,22-,23?/m1/s1. The van der Waals surface area contributed by atoms with Crippen LogP contribution in [-0.4, -0.2) is 54.4 Å². The minimum absolute atomic E-state index is 0.0843. The van der Waals surface area contributed by atoms with Crippen LogP contribution in [0.4, 0.5) is 13.2 Å². The fraction of sp³-hybridized carbons (Fsp3) is 0.593. The molecule has 0 bridgehead atoms. The highest BCUT2D eigenvalue weighted by atomic mass is 19.4. The Morgan fingerprint density at radius 3 is 2.38 bits per heavy atom. The summed E-state index contributed by atoms with van der Waals surface area (Å²) in [5.74, 6) is -4.83. The number of carbonyl (C=O) groups excluding carboxylic acids is 3. The third-order valence-corrected chi connectivity index (χ3v) is 6.05. The van der Waals surface area contributed by atoms with Gasteiger partial charge in [0, 0.05) is 13.0 Å². The van der Waals surface area contributed by atoms with Gasteiger partial charge in [-0.2, -0.15) is 13.2 Å². The van der Waals surface area contributed by atoms with Crippen molar-refractivity contribution in [3.8, 4) is 0 Å². The first-order valence-electron chi connectivity index (χ1n) is 13.1. The van der Waals surface area contributed by atoms with E-state index < -0.39 is 54.6 Å². The van der Waals surface area contributed by atoms with E-state index in [4.69, 9.17) is 15.3 Å². The Balaban J connectivity index is 2.30. The van der Waals surface area contributed by atoms with Crippen LogP contribution in [0, 0.1) is 17.8 Å². The van der Waals surface area contributed by atoms with E-state index in [0.717, 1.165) is 18.4 Å². The van der Waals surface area contributed by atoms with Crippen LogP contribution in [0.5, 0.6) is 0 Å². The lowest BCUT2D eigenvalue weighted by atomic mass is 9.82. The van der Waals surface area contributed by atoms with Gasteiger partial charge in [-0.15, -0.1) is 0 Å². The molecule has 1 heterocycles. The average molecular weight is 557 g/mol. The Morgan fingerprint density at radius 2 is 1.82 bits per heavy atom. The zero-order valence-corrected chi connectivity index (χ0v) is 22.6. The number of ether oxygens (including phenoxy) is 1. The second-order valence-corrected chi connectivity index (χ2v) is 10.1. The third kappa shape index (κ3) is 11.8. The van der Waals surface area contributed by atoms with Gasteiger partial charge in [-0.25, -0.2) is 15.3 Å². The maximum atomic E-state index is 13.4. The van der Waals surface area contributed by atoms with E-state index in [0.29, 0.717) is 13.0 Å². The van der Waals surface area contributed by atoms with E-state index in [1.165, 1.54) is 6.92 Å². The lowest BCUT2D eigenvalue weighted by Gasteiger charge is -2.31. The lowest BCUT2D eigenvalue weighted by Crippen LogP contribution is -2.57. The molecule has 2 rings (SSSR count). The zero-order chi connectivity index (χ0) is 29.0. The molecule has 218 valence electrons. The number of nitrogens with two attached hydrogens (primary N) is 1. The number of nitrogens with one attached hydrogen (secondary N) is 2. The first-order chi connectivity index (χ1) is 18.4. The molecule has 0 aromatic heterocycles. The van der Waals surface area contributed by atoms with Crippen LogP contribution in [-0.2, 0) is 24.0 Å². The molecule has 1 aliphatic heterocycles. The smallest absolute Gasteiger partial charge is 0.350 e. The Labute approximate surface area is 227 Å². The molecule has 1 saturated heterocycles. The summed E-state index contributed by atoms with van der Waals surface area (Å²) in [7, 11) is 0. The highest BCUT2D eigenvalue weighted by molar-refractivity contribution is 5.89. The van der Waals surface area contributed by atoms with Crippen molar-refractivity contribution in [3.05, 3.63) is 42.0 Å². The number of benzene rings is 1. The van der Waals surface area contributed by atoms with Crippen molar-refractivity contribution in [1.82, 2.24) is 15.9 Å². The number of rotatable bonds is 12. The molecule has 0 spiro atoms. The van der Waals surface area contributed by atoms with Crippen LogP contribution >= 0.6 is 0 Å². The number of nitrogens with zero attached hydrogens (tertiary/aromatic N) is 1. The number of carbonyl (C=O) groups is 3. The van der Waals surface area contributed by atoms with Gasteiger partial charge in [-0.3, -0.25) is 19.8 Å². The van der Waals surface area contributed by atoms with E-state index in [1.54, 1.807) is 12.2 Å². The van der Waals surface area contributed by atoms with E-state index in [9.17, 15) is 27.6 Å². The monoisotopic (exact) mass is 556 g/mol. The summed E-state index contributed by atoms with van der Waals surface area (Å²) in [6, 6.07) is 8.00. The van der Waals surface area contributed by atoms with Crippen LogP contribution < -0.4 is 16.6 Å². The normalized spacial score (nSPS) is 18.4. The first kappa shape index (κ1) is 32.3. The van der Waals surface area contributed by atoms with Gasteiger partial charge in [0.2, 0.25) is 11.8 Å². The predicted molar refractivity (Wildman–Crippen MR) is 139 cm³/mol. The molecule has 9 nitrogen and oxygen atoms in total. The van der Waals surface area contributed by atoms with Gasteiger partial charge in [0.05, 0.1) is 17.9 Å². The average Bonchev–Trinajstić information content (AvgIpc) is 2.88. The highest BCUT2D eigenvalue weighted by Gasteiger charge is 2.39. The molecule has 1 fully saturated rings. The van der Waals surface area contributed by atoms with Gasteiger partial charge in [-0.1, -0.05) is 56.3 Å². The summed E-state index contributed by atoms with van der Waals surface area (Å²) in [5.41, 5.74) is 10.9. The van der Waals surface area contributed by atoms with E-state index in [2.05, 4.69) is 10.9 Å². The van der Waals surface area contributed by atoms with Crippen LogP contribution in [0.25, 0.3) is 6.08 Å². The Hall–Kier alpha value is -2.96. The second-order valence-electron chi connectivity index (χ2n) is 10.1. The molecule has 1 unspecified atom stereocenters. The molecule has 0 saturated carbocycles. The van der Waals surface area contributed by atoms with Crippen molar-refractivity contribution in [1.29, 1.82) is 0 Å². The molecule has 0 aliphatic carbocycles. The minimum atomic E-state index is -4.78. The minimum Gasteiger partial charge on any atom is -0.350 e. The van der Waals surface area contributed by atoms with Gasteiger partial charge >= 0.3 is 6.18 Å². The molecular formula is C27H39F3N4O5. The van der Waals surface area contributed by atoms with Gasteiger partial charge in [0.1, 0.15) is 6.54 Å². The van der Waals surface area contributed by atoms with Crippen molar-refractivity contribution in [2.45, 2.75) is 71.4 Å². The maximum absolute atomic E-state index is 13.4. The SMILES string of the molecule is CC(C)C[C@@H](C(=O)NN(CC(F)(F)F)C(=O)[C@@H](C)N)[C@H](CC=Cc1ccccc1)C(=O)NOC1CCCCO1. The van der Waals surface area contributed by atoms with Gasteiger partial charge in [0.15, 0.2) is 6.29 Å². The molecule has 0 radical (unpaired) electrons. The number of hydrazine groups is 1. The van der Waals surface area contributed by atoms with Crippen LogP contribution in [0.3, 0.4) is 0 Å². The van der Waals surface area contributed by atoms with Crippen molar-refractivity contribution in [2.75, 3.05) is 13.2 Å². The number of halogens is 3. The van der Waals surface area contributed by atoms with E-state index in [-0.39, 0.29) is 23.8 Å². The first-order valence-corrected chi connectivity index (χ1v) is 13.1. The summed E-state index contributed by atoms with van der Waals surface area (Å²) in [6.45, 7) is 3.63. The van der Waals surface area contributed by atoms with Crippen LogP contribution in [0.15, 0.2) is 36.4 Å². The van der Waals surface area contributed by atoms with Crippen molar-refractivity contribution >= 4 is 23.8 Å². The molecular weight excluding hydrogens is 517 g/mol. The van der Waals surface area contributed by atoms with Crippen LogP contribution in [0.1, 0.15) is 58.4 Å². The van der Waals surface area contributed by atoms with Crippen molar-refractivity contribution in [2.24, 2.45) is 23.5 Å². The Kier molecular flexibility index (Phi) is 12.9. The highest BCUT2D eigenvalue weighted by Crippen LogP contribution is 2.27. The van der Waals surface area contributed by atoms with E-state index in [1.807, 2.05) is 44.2 Å². The largest absolute Gasteiger partial charge is 0.408 e. The van der Waals surface area contributed by atoms with Gasteiger partial charge in [-0.05, 0) is 44.1 Å². The molecule has 4 N–H and O–H groups in total. The molecule has 39 heavy (non-hydrogen) atoms. The third-order valence-electron chi connectivity index (χ3n) is 6.05. The quantitative estimate of drug-likeness (QED) is 0.338. The summed E-state index contributed by atoms with van der Waals surface area (Å²) in [6.07, 6.45) is 0.664. The summed E-state index contributed by atoms with van der Waals surface area (Å²) < 4.78 is 45.1. The molecule has 1 aromatic carbocycles. The van der Waals surface area contributed by atoms with Gasteiger partial charge < -0.3 is 10.5 Å². The van der Waals surface area contributed by atoms with Crippen LogP contribution in [0.2, 0.25) is 0 Å². The number of hydroxylamine groups is 1. The lowest BCUT2D eigenvalue weighted by molar-refractivity contribution is -0.203.